The number of hydrogen-bond acceptors (Lipinski definition) is 4. The number of aliphatic imine (C=N–C) groups is 1. The Hall–Kier alpha value is -1.60. The van der Waals surface area contributed by atoms with Gasteiger partial charge in [0.1, 0.15) is 0 Å². The number of hydrogen-bond donors (Lipinski definition) is 2. The van der Waals surface area contributed by atoms with Crippen LogP contribution in [0.1, 0.15) is 30.8 Å². The number of rotatable bonds is 5. The average Bonchev–Trinajstić information content (AvgIpc) is 2.81. The molecule has 0 bridgehead atoms. The molecule has 0 atom stereocenters. The Bertz CT molecular complexity index is 572. The third-order valence-corrected chi connectivity index (χ3v) is 4.87. The molecule has 2 heterocycles. The molecule has 0 aliphatic carbocycles. The molecule has 136 valence electrons. The van der Waals surface area contributed by atoms with E-state index in [0.29, 0.717) is 0 Å². The van der Waals surface area contributed by atoms with E-state index in [1.54, 1.807) is 7.05 Å². The van der Waals surface area contributed by atoms with Crippen molar-refractivity contribution >= 4 is 5.96 Å². The third kappa shape index (κ3) is 4.48. The van der Waals surface area contributed by atoms with E-state index in [4.69, 9.17) is 4.74 Å². The van der Waals surface area contributed by atoms with Gasteiger partial charge in [-0.2, -0.15) is 5.10 Å². The summed E-state index contributed by atoms with van der Waals surface area (Å²) in [7, 11) is 3.78. The largest absolute Gasteiger partial charge is 0.379 e. The first-order chi connectivity index (χ1) is 11.3. The van der Waals surface area contributed by atoms with E-state index in [0.717, 1.165) is 51.0 Å². The van der Waals surface area contributed by atoms with Gasteiger partial charge in [0, 0.05) is 57.1 Å². The zero-order chi connectivity index (χ0) is 17.7. The second kappa shape index (κ2) is 7.98. The maximum atomic E-state index is 5.45. The Morgan fingerprint density at radius 3 is 2.46 bits per heavy atom. The highest BCUT2D eigenvalue weighted by atomic mass is 16.5. The lowest BCUT2D eigenvalue weighted by Crippen LogP contribution is -2.56. The molecule has 7 heteroatoms. The van der Waals surface area contributed by atoms with Gasteiger partial charge in [0.15, 0.2) is 5.96 Å². The lowest BCUT2D eigenvalue weighted by molar-refractivity contribution is -0.00834. The molecule has 2 rings (SSSR count). The van der Waals surface area contributed by atoms with Gasteiger partial charge in [0.2, 0.25) is 0 Å². The summed E-state index contributed by atoms with van der Waals surface area (Å²) in [5.74, 6) is 0.819. The minimum absolute atomic E-state index is 0.0571. The number of nitrogens with one attached hydrogen (secondary N) is 2. The van der Waals surface area contributed by atoms with Crippen LogP contribution in [0.2, 0.25) is 0 Å². The second-order valence-electron chi connectivity index (χ2n) is 6.96. The van der Waals surface area contributed by atoms with E-state index < -0.39 is 0 Å². The molecule has 0 aromatic carbocycles. The van der Waals surface area contributed by atoms with Crippen LogP contribution in [0.15, 0.2) is 4.99 Å². The second-order valence-corrected chi connectivity index (χ2v) is 6.96. The van der Waals surface area contributed by atoms with E-state index in [1.807, 2.05) is 18.7 Å². The summed E-state index contributed by atoms with van der Waals surface area (Å²) in [6.07, 6.45) is 0. The van der Waals surface area contributed by atoms with Crippen LogP contribution in [-0.2, 0) is 18.3 Å². The summed E-state index contributed by atoms with van der Waals surface area (Å²) in [5.41, 5.74) is 3.53. The molecular formula is C17H32N6O. The topological polar surface area (TPSA) is 66.7 Å². The summed E-state index contributed by atoms with van der Waals surface area (Å²) in [6, 6.07) is 0. The van der Waals surface area contributed by atoms with E-state index in [9.17, 15) is 0 Å². The summed E-state index contributed by atoms with van der Waals surface area (Å²) in [4.78, 5) is 6.81. The fourth-order valence-electron chi connectivity index (χ4n) is 3.05. The molecule has 1 saturated heterocycles. The van der Waals surface area contributed by atoms with Gasteiger partial charge in [-0.05, 0) is 27.7 Å². The first kappa shape index (κ1) is 18.7. The van der Waals surface area contributed by atoms with Crippen molar-refractivity contribution in [2.75, 3.05) is 39.9 Å². The minimum atomic E-state index is 0.0571. The number of aryl methyl sites for hydroxylation is 2. The third-order valence-electron chi connectivity index (χ3n) is 4.87. The predicted molar refractivity (Wildman–Crippen MR) is 97.4 cm³/mol. The average molecular weight is 336 g/mol. The molecule has 1 fully saturated rings. The smallest absolute Gasteiger partial charge is 0.191 e. The quantitative estimate of drug-likeness (QED) is 0.615. The molecule has 0 spiro atoms. The maximum absolute atomic E-state index is 5.45. The number of ether oxygens (including phenoxy) is 1. The van der Waals surface area contributed by atoms with Gasteiger partial charge in [-0.15, -0.1) is 0 Å². The van der Waals surface area contributed by atoms with Crippen molar-refractivity contribution in [2.45, 2.75) is 39.8 Å². The maximum Gasteiger partial charge on any atom is 0.191 e. The SMILES string of the molecule is CN=C(NCc1c(C)nn(C)c1C)NCC(C)(C)N1CCOCC1. The van der Waals surface area contributed by atoms with Crippen molar-refractivity contribution in [3.8, 4) is 0 Å². The van der Waals surface area contributed by atoms with Crippen molar-refractivity contribution < 1.29 is 4.74 Å². The molecular weight excluding hydrogens is 304 g/mol. The Morgan fingerprint density at radius 2 is 1.92 bits per heavy atom. The minimum Gasteiger partial charge on any atom is -0.379 e. The lowest BCUT2D eigenvalue weighted by Gasteiger charge is -2.41. The van der Waals surface area contributed by atoms with E-state index in [1.165, 1.54) is 11.3 Å². The Kier molecular flexibility index (Phi) is 6.23. The number of aromatic nitrogens is 2. The van der Waals surface area contributed by atoms with Gasteiger partial charge >= 0.3 is 0 Å². The van der Waals surface area contributed by atoms with Gasteiger partial charge in [0.25, 0.3) is 0 Å². The van der Waals surface area contributed by atoms with Gasteiger partial charge in [-0.3, -0.25) is 14.6 Å². The number of guanidine groups is 1. The molecule has 1 aliphatic rings. The highest BCUT2D eigenvalue weighted by Gasteiger charge is 2.28. The monoisotopic (exact) mass is 336 g/mol. The molecule has 0 amide bonds. The summed E-state index contributed by atoms with van der Waals surface area (Å²) in [5, 5.41) is 11.3. The first-order valence-corrected chi connectivity index (χ1v) is 8.61. The van der Waals surface area contributed by atoms with Crippen LogP contribution < -0.4 is 10.6 Å². The van der Waals surface area contributed by atoms with Gasteiger partial charge in [0.05, 0.1) is 18.9 Å². The first-order valence-electron chi connectivity index (χ1n) is 8.61. The Morgan fingerprint density at radius 1 is 1.25 bits per heavy atom. The molecule has 0 radical (unpaired) electrons. The van der Waals surface area contributed by atoms with Crippen molar-refractivity contribution in [1.82, 2.24) is 25.3 Å². The molecule has 0 saturated carbocycles. The molecule has 7 nitrogen and oxygen atoms in total. The van der Waals surface area contributed by atoms with Crippen molar-refractivity contribution in [3.05, 3.63) is 17.0 Å². The number of morpholine rings is 1. The van der Waals surface area contributed by atoms with E-state index in [-0.39, 0.29) is 5.54 Å². The van der Waals surface area contributed by atoms with Crippen LogP contribution >= 0.6 is 0 Å². The van der Waals surface area contributed by atoms with Crippen molar-refractivity contribution in [3.63, 3.8) is 0 Å². The lowest BCUT2D eigenvalue weighted by atomic mass is 10.0. The molecule has 2 N–H and O–H groups in total. The normalized spacial score (nSPS) is 17.2. The fraction of sp³-hybridized carbons (Fsp3) is 0.765. The van der Waals surface area contributed by atoms with Crippen LogP contribution in [0.3, 0.4) is 0 Å². The van der Waals surface area contributed by atoms with Crippen LogP contribution in [-0.4, -0.2) is 66.1 Å². The Labute approximate surface area is 145 Å². The zero-order valence-corrected chi connectivity index (χ0v) is 15.9. The van der Waals surface area contributed by atoms with E-state index in [2.05, 4.69) is 46.4 Å². The van der Waals surface area contributed by atoms with Crippen LogP contribution in [0, 0.1) is 13.8 Å². The molecule has 1 aromatic heterocycles. The van der Waals surface area contributed by atoms with Gasteiger partial charge in [-0.1, -0.05) is 0 Å². The zero-order valence-electron chi connectivity index (χ0n) is 15.9. The highest BCUT2D eigenvalue weighted by molar-refractivity contribution is 5.79. The van der Waals surface area contributed by atoms with Crippen molar-refractivity contribution in [2.24, 2.45) is 12.0 Å². The molecule has 24 heavy (non-hydrogen) atoms. The standard InChI is InChI=1S/C17H32N6O/c1-13-15(14(2)22(6)21-13)11-19-16(18-5)20-12-17(3,4)23-7-9-24-10-8-23/h7-12H2,1-6H3,(H2,18,19,20). The van der Waals surface area contributed by atoms with Gasteiger partial charge in [-0.25, -0.2) is 0 Å². The van der Waals surface area contributed by atoms with Gasteiger partial charge < -0.3 is 15.4 Å². The molecule has 0 unspecified atom stereocenters. The van der Waals surface area contributed by atoms with Crippen molar-refractivity contribution in [1.29, 1.82) is 0 Å². The van der Waals surface area contributed by atoms with E-state index >= 15 is 0 Å². The highest BCUT2D eigenvalue weighted by Crippen LogP contribution is 2.15. The predicted octanol–water partition coefficient (Wildman–Crippen LogP) is 0.813. The Balaban J connectivity index is 1.88. The van der Waals surface area contributed by atoms with Crippen LogP contribution in [0.25, 0.3) is 0 Å². The summed E-state index contributed by atoms with van der Waals surface area (Å²) < 4.78 is 7.37. The number of nitrogens with zero attached hydrogens (tertiary/aromatic N) is 4. The van der Waals surface area contributed by atoms with Crippen LogP contribution in [0.5, 0.6) is 0 Å². The summed E-state index contributed by atoms with van der Waals surface area (Å²) in [6.45, 7) is 13.8. The summed E-state index contributed by atoms with van der Waals surface area (Å²) >= 11 is 0. The molecule has 1 aromatic rings. The molecule has 1 aliphatic heterocycles. The van der Waals surface area contributed by atoms with Crippen LogP contribution in [0.4, 0.5) is 0 Å². The fourth-order valence-corrected chi connectivity index (χ4v) is 3.05.